The summed E-state index contributed by atoms with van der Waals surface area (Å²) in [6.07, 6.45) is 4.20. The van der Waals surface area contributed by atoms with Crippen LogP contribution in [0, 0.1) is 12.8 Å². The summed E-state index contributed by atoms with van der Waals surface area (Å²) >= 11 is 0. The molecule has 20 heavy (non-hydrogen) atoms. The molecule has 1 saturated heterocycles. The number of carbonyl (C=O) groups excluding carboxylic acids is 1. The number of likely N-dealkylation sites (tertiary alicyclic amines) is 1. The molecule has 1 aromatic heterocycles. The van der Waals surface area contributed by atoms with E-state index in [-0.39, 0.29) is 18.0 Å². The van der Waals surface area contributed by atoms with Crippen LogP contribution in [0.3, 0.4) is 0 Å². The predicted octanol–water partition coefficient (Wildman–Crippen LogP) is 2.43. The highest BCUT2D eigenvalue weighted by Crippen LogP contribution is 2.29. The van der Waals surface area contributed by atoms with E-state index in [0.29, 0.717) is 12.3 Å². The number of pyridine rings is 1. The zero-order chi connectivity index (χ0) is 14.7. The average Bonchev–Trinajstić information content (AvgIpc) is 2.51. The Labute approximate surface area is 121 Å². The van der Waals surface area contributed by atoms with Gasteiger partial charge in [0.05, 0.1) is 11.7 Å². The Bertz CT molecular complexity index is 455. The van der Waals surface area contributed by atoms with Crippen molar-refractivity contribution in [2.24, 2.45) is 11.7 Å². The quantitative estimate of drug-likeness (QED) is 0.921. The number of amides is 1. The first-order valence-corrected chi connectivity index (χ1v) is 7.46. The molecule has 0 radical (unpaired) electrons. The van der Waals surface area contributed by atoms with Crippen molar-refractivity contribution in [1.82, 2.24) is 9.88 Å². The summed E-state index contributed by atoms with van der Waals surface area (Å²) in [6, 6.07) is 3.92. The zero-order valence-corrected chi connectivity index (χ0v) is 12.7. The van der Waals surface area contributed by atoms with Crippen molar-refractivity contribution >= 4 is 5.91 Å². The van der Waals surface area contributed by atoms with Crippen molar-refractivity contribution in [3.8, 4) is 0 Å². The van der Waals surface area contributed by atoms with Crippen molar-refractivity contribution in [2.75, 3.05) is 6.54 Å². The zero-order valence-electron chi connectivity index (χ0n) is 12.7. The summed E-state index contributed by atoms with van der Waals surface area (Å²) in [6.45, 7) is 7.01. The Morgan fingerprint density at radius 1 is 1.45 bits per heavy atom. The molecular formula is C16H25N3O. The predicted molar refractivity (Wildman–Crippen MR) is 80.1 cm³/mol. The van der Waals surface area contributed by atoms with Gasteiger partial charge in [-0.05, 0) is 37.3 Å². The third kappa shape index (κ3) is 3.37. The fourth-order valence-electron chi connectivity index (χ4n) is 2.82. The van der Waals surface area contributed by atoms with Crippen LogP contribution < -0.4 is 5.73 Å². The molecule has 110 valence electrons. The molecule has 1 amide bonds. The summed E-state index contributed by atoms with van der Waals surface area (Å²) < 4.78 is 0. The van der Waals surface area contributed by atoms with Gasteiger partial charge in [-0.1, -0.05) is 19.9 Å². The van der Waals surface area contributed by atoms with Gasteiger partial charge in [0.25, 0.3) is 0 Å². The number of nitrogens with two attached hydrogens (primary N) is 1. The molecule has 1 aliphatic rings. The van der Waals surface area contributed by atoms with Crippen LogP contribution in [0.4, 0.5) is 0 Å². The van der Waals surface area contributed by atoms with Crippen molar-refractivity contribution in [3.63, 3.8) is 0 Å². The number of rotatable bonds is 3. The topological polar surface area (TPSA) is 59.2 Å². The van der Waals surface area contributed by atoms with Crippen molar-refractivity contribution in [2.45, 2.75) is 52.1 Å². The summed E-state index contributed by atoms with van der Waals surface area (Å²) in [4.78, 5) is 18.8. The van der Waals surface area contributed by atoms with E-state index in [1.54, 1.807) is 0 Å². The maximum Gasteiger partial charge on any atom is 0.223 e. The number of hydrogen-bond donors (Lipinski definition) is 1. The molecule has 2 atom stereocenters. The van der Waals surface area contributed by atoms with Crippen LogP contribution in [0.2, 0.25) is 0 Å². The molecule has 1 fully saturated rings. The Balaban J connectivity index is 2.35. The van der Waals surface area contributed by atoms with Gasteiger partial charge >= 0.3 is 0 Å². The van der Waals surface area contributed by atoms with Crippen LogP contribution >= 0.6 is 0 Å². The van der Waals surface area contributed by atoms with Gasteiger partial charge in [0.1, 0.15) is 0 Å². The lowest BCUT2D eigenvalue weighted by Gasteiger charge is -2.34. The van der Waals surface area contributed by atoms with Crippen LogP contribution in [0.25, 0.3) is 0 Å². The SMILES string of the molecule is Cc1ccc(C2C(N)CCCC(=O)N2CC(C)C)nc1. The first kappa shape index (κ1) is 15.0. The van der Waals surface area contributed by atoms with Crippen molar-refractivity contribution < 1.29 is 4.79 Å². The maximum absolute atomic E-state index is 12.4. The van der Waals surface area contributed by atoms with E-state index in [2.05, 4.69) is 18.8 Å². The molecule has 2 rings (SSSR count). The molecule has 1 aromatic rings. The van der Waals surface area contributed by atoms with Gasteiger partial charge in [-0.3, -0.25) is 9.78 Å². The van der Waals surface area contributed by atoms with Crippen molar-refractivity contribution in [1.29, 1.82) is 0 Å². The highest BCUT2D eigenvalue weighted by molar-refractivity contribution is 5.77. The maximum atomic E-state index is 12.4. The van der Waals surface area contributed by atoms with E-state index in [9.17, 15) is 4.79 Å². The normalized spacial score (nSPS) is 24.1. The lowest BCUT2D eigenvalue weighted by atomic mass is 9.99. The van der Waals surface area contributed by atoms with Gasteiger partial charge in [-0.15, -0.1) is 0 Å². The van der Waals surface area contributed by atoms with Gasteiger partial charge in [-0.25, -0.2) is 0 Å². The highest BCUT2D eigenvalue weighted by Gasteiger charge is 2.33. The first-order chi connectivity index (χ1) is 9.49. The second-order valence-corrected chi connectivity index (χ2v) is 6.20. The molecule has 2 N–H and O–H groups in total. The monoisotopic (exact) mass is 275 g/mol. The fraction of sp³-hybridized carbons (Fsp3) is 0.625. The Hall–Kier alpha value is -1.42. The smallest absolute Gasteiger partial charge is 0.223 e. The molecular weight excluding hydrogens is 250 g/mol. The van der Waals surface area contributed by atoms with Crippen LogP contribution in [0.5, 0.6) is 0 Å². The minimum absolute atomic E-state index is 0.0320. The molecule has 0 aliphatic carbocycles. The number of nitrogens with zero attached hydrogens (tertiary/aromatic N) is 2. The molecule has 4 heteroatoms. The summed E-state index contributed by atoms with van der Waals surface area (Å²) in [5.41, 5.74) is 8.38. The van der Waals surface area contributed by atoms with Crippen LogP contribution in [0.1, 0.15) is 50.4 Å². The Kier molecular flexibility index (Phi) is 4.76. The van der Waals surface area contributed by atoms with Gasteiger partial charge in [0, 0.05) is 25.2 Å². The molecule has 0 saturated carbocycles. The molecule has 0 bridgehead atoms. The van der Waals surface area contributed by atoms with Gasteiger partial charge in [0.15, 0.2) is 0 Å². The lowest BCUT2D eigenvalue weighted by Crippen LogP contribution is -2.44. The van der Waals surface area contributed by atoms with E-state index >= 15 is 0 Å². The molecule has 2 heterocycles. The number of carbonyl (C=O) groups is 1. The number of aromatic nitrogens is 1. The third-order valence-electron chi connectivity index (χ3n) is 3.79. The van der Waals surface area contributed by atoms with E-state index < -0.39 is 0 Å². The van der Waals surface area contributed by atoms with Gasteiger partial charge in [-0.2, -0.15) is 0 Å². The molecule has 2 unspecified atom stereocenters. The van der Waals surface area contributed by atoms with Gasteiger partial charge < -0.3 is 10.6 Å². The van der Waals surface area contributed by atoms with E-state index in [1.807, 2.05) is 30.2 Å². The minimum Gasteiger partial charge on any atom is -0.332 e. The second-order valence-electron chi connectivity index (χ2n) is 6.20. The van der Waals surface area contributed by atoms with Crippen LogP contribution in [-0.2, 0) is 4.79 Å². The summed E-state index contributed by atoms with van der Waals surface area (Å²) in [5.74, 6) is 0.635. The van der Waals surface area contributed by atoms with E-state index in [4.69, 9.17) is 5.73 Å². The molecule has 4 nitrogen and oxygen atoms in total. The Morgan fingerprint density at radius 3 is 2.80 bits per heavy atom. The molecule has 1 aliphatic heterocycles. The average molecular weight is 275 g/mol. The lowest BCUT2D eigenvalue weighted by molar-refractivity contribution is -0.134. The van der Waals surface area contributed by atoms with E-state index in [0.717, 1.165) is 30.6 Å². The standard InChI is InChI=1S/C16H25N3O/c1-11(2)10-19-15(20)6-4-5-13(17)16(19)14-8-7-12(3)9-18-14/h7-9,11,13,16H,4-6,10,17H2,1-3H3. The number of aryl methyl sites for hydroxylation is 1. The Morgan fingerprint density at radius 2 is 2.20 bits per heavy atom. The largest absolute Gasteiger partial charge is 0.332 e. The van der Waals surface area contributed by atoms with Crippen molar-refractivity contribution in [3.05, 3.63) is 29.6 Å². The summed E-state index contributed by atoms with van der Waals surface area (Å²) in [7, 11) is 0. The summed E-state index contributed by atoms with van der Waals surface area (Å²) in [5, 5.41) is 0. The van der Waals surface area contributed by atoms with Crippen LogP contribution in [-0.4, -0.2) is 28.4 Å². The third-order valence-corrected chi connectivity index (χ3v) is 3.79. The van der Waals surface area contributed by atoms with Crippen LogP contribution in [0.15, 0.2) is 18.3 Å². The molecule has 0 aromatic carbocycles. The molecule has 0 spiro atoms. The highest BCUT2D eigenvalue weighted by atomic mass is 16.2. The minimum atomic E-state index is -0.0898. The van der Waals surface area contributed by atoms with E-state index in [1.165, 1.54) is 0 Å². The number of hydrogen-bond acceptors (Lipinski definition) is 3. The second kappa shape index (κ2) is 6.35. The fourth-order valence-corrected chi connectivity index (χ4v) is 2.82. The van der Waals surface area contributed by atoms with Gasteiger partial charge in [0.2, 0.25) is 5.91 Å². The first-order valence-electron chi connectivity index (χ1n) is 7.46.